The number of nitrogens with one attached hydrogen (secondary N) is 1. The molecule has 2 aliphatic carbocycles. The van der Waals surface area contributed by atoms with Crippen molar-refractivity contribution in [1.82, 2.24) is 0 Å². The monoisotopic (exact) mass is 486 g/mol. The predicted octanol–water partition coefficient (Wildman–Crippen LogP) is 4.04. The smallest absolute Gasteiger partial charge is 0.416 e. The Morgan fingerprint density at radius 3 is 2.29 bits per heavy atom. The Morgan fingerprint density at radius 1 is 0.971 bits per heavy atom. The molecule has 7 nitrogen and oxygen atoms in total. The number of hydrogen-bond donors (Lipinski definition) is 1. The average molecular weight is 486 g/mol. The number of anilines is 2. The molecule has 1 aliphatic heterocycles. The number of carbonyl (C=O) groups is 4. The first kappa shape index (κ1) is 23.1. The summed E-state index contributed by atoms with van der Waals surface area (Å²) >= 11 is 0. The second kappa shape index (κ2) is 8.51. The van der Waals surface area contributed by atoms with Gasteiger partial charge in [0.05, 0.1) is 28.7 Å². The molecule has 3 amide bonds. The number of rotatable bonds is 5. The van der Waals surface area contributed by atoms with Crippen LogP contribution in [0.2, 0.25) is 0 Å². The zero-order chi connectivity index (χ0) is 24.9. The highest BCUT2D eigenvalue weighted by molar-refractivity contribution is 6.22. The molecule has 1 saturated heterocycles. The molecule has 0 aromatic heterocycles. The van der Waals surface area contributed by atoms with Crippen LogP contribution in [0.15, 0.2) is 48.5 Å². The topological polar surface area (TPSA) is 92.8 Å². The summed E-state index contributed by atoms with van der Waals surface area (Å²) in [6.07, 6.45) is -1.74. The van der Waals surface area contributed by atoms with Crippen molar-refractivity contribution in [2.24, 2.45) is 23.7 Å². The molecule has 5 rings (SSSR count). The molecular formula is C25H21F3N2O5. The van der Waals surface area contributed by atoms with E-state index in [1.54, 1.807) is 6.07 Å². The Bertz CT molecular complexity index is 1200. The summed E-state index contributed by atoms with van der Waals surface area (Å²) in [6.45, 7) is -0.728. The Balaban J connectivity index is 1.23. The number of ether oxygens (including phenoxy) is 1. The highest BCUT2D eigenvalue weighted by atomic mass is 19.4. The largest absolute Gasteiger partial charge is 0.452 e. The van der Waals surface area contributed by atoms with Gasteiger partial charge in [0.2, 0.25) is 11.8 Å². The van der Waals surface area contributed by atoms with Gasteiger partial charge in [-0.05, 0) is 67.5 Å². The third-order valence-corrected chi connectivity index (χ3v) is 7.08. The molecule has 1 heterocycles. The normalized spacial score (nSPS) is 25.1. The highest BCUT2D eigenvalue weighted by Gasteiger charge is 2.61. The number of esters is 1. The Morgan fingerprint density at radius 2 is 1.63 bits per heavy atom. The molecule has 2 saturated carbocycles. The van der Waals surface area contributed by atoms with Crippen molar-refractivity contribution >= 4 is 35.1 Å². The number of benzene rings is 2. The Kier molecular flexibility index (Phi) is 5.61. The molecule has 3 fully saturated rings. The first-order valence-corrected chi connectivity index (χ1v) is 11.3. The lowest BCUT2D eigenvalue weighted by Crippen LogP contribution is -2.32. The van der Waals surface area contributed by atoms with Gasteiger partial charge in [0.25, 0.3) is 5.91 Å². The maximum absolute atomic E-state index is 13.0. The number of carbonyl (C=O) groups excluding carboxylic acids is 4. The molecule has 2 aromatic rings. The van der Waals surface area contributed by atoms with Crippen molar-refractivity contribution in [3.05, 3.63) is 59.7 Å². The maximum atomic E-state index is 13.0. The van der Waals surface area contributed by atoms with E-state index in [0.717, 1.165) is 42.4 Å². The summed E-state index contributed by atoms with van der Waals surface area (Å²) in [6, 6.07) is 9.94. The van der Waals surface area contributed by atoms with E-state index in [-0.39, 0.29) is 52.4 Å². The van der Waals surface area contributed by atoms with Crippen molar-refractivity contribution in [3.63, 3.8) is 0 Å². The standard InChI is InChI=1S/C25H21F3N2O5/c26-25(27,28)16-4-2-5-17(11-16)29-19(31)12-35-24(34)15-3-1-6-18(10-15)30-22(32)20-13-7-8-14(9-13)21(20)23(30)33/h1-6,10-11,13-14,20-21H,7-9,12H2,(H,29,31)/t13-,14-,20+,21+/m0/s1. The van der Waals surface area contributed by atoms with Gasteiger partial charge in [-0.25, -0.2) is 4.79 Å². The first-order chi connectivity index (χ1) is 16.6. The molecule has 182 valence electrons. The van der Waals surface area contributed by atoms with E-state index in [1.807, 2.05) is 0 Å². The average Bonchev–Trinajstić information content (AvgIpc) is 3.51. The summed E-state index contributed by atoms with van der Waals surface area (Å²) in [7, 11) is 0. The predicted molar refractivity (Wildman–Crippen MR) is 117 cm³/mol. The van der Waals surface area contributed by atoms with Crippen LogP contribution in [0.4, 0.5) is 24.5 Å². The Labute approximate surface area is 198 Å². The third-order valence-electron chi connectivity index (χ3n) is 7.08. The lowest BCUT2D eigenvalue weighted by Gasteiger charge is -2.19. The summed E-state index contributed by atoms with van der Waals surface area (Å²) in [5.74, 6) is -2.29. The zero-order valence-corrected chi connectivity index (χ0v) is 18.4. The van der Waals surface area contributed by atoms with Crippen molar-refractivity contribution in [1.29, 1.82) is 0 Å². The minimum absolute atomic E-state index is 0.0370. The van der Waals surface area contributed by atoms with E-state index < -0.39 is 30.2 Å². The van der Waals surface area contributed by atoms with E-state index in [1.165, 1.54) is 24.3 Å². The molecule has 1 N–H and O–H groups in total. The SMILES string of the molecule is O=C(COC(=O)c1cccc(N2C(=O)[C@@H]3[C@H]4CC[C@@H](C4)[C@H]3C2=O)c1)Nc1cccc(C(F)(F)F)c1. The highest BCUT2D eigenvalue weighted by Crippen LogP contribution is 2.56. The van der Waals surface area contributed by atoms with Gasteiger partial charge in [-0.1, -0.05) is 12.1 Å². The van der Waals surface area contributed by atoms with Crippen molar-refractivity contribution in [2.75, 3.05) is 16.8 Å². The summed E-state index contributed by atoms with van der Waals surface area (Å²) in [5, 5.41) is 2.25. The quantitative estimate of drug-likeness (QED) is 0.509. The number of imide groups is 1. The molecule has 10 heteroatoms. The van der Waals surface area contributed by atoms with Crippen LogP contribution >= 0.6 is 0 Å². The van der Waals surface area contributed by atoms with Gasteiger partial charge < -0.3 is 10.1 Å². The minimum atomic E-state index is -4.56. The molecule has 2 aromatic carbocycles. The molecule has 35 heavy (non-hydrogen) atoms. The lowest BCUT2D eigenvalue weighted by atomic mass is 9.81. The van der Waals surface area contributed by atoms with Crippen LogP contribution in [0.3, 0.4) is 0 Å². The van der Waals surface area contributed by atoms with Gasteiger partial charge in [-0.3, -0.25) is 19.3 Å². The van der Waals surface area contributed by atoms with Crippen LogP contribution in [0.5, 0.6) is 0 Å². The van der Waals surface area contributed by atoms with Crippen LogP contribution in [0.1, 0.15) is 35.2 Å². The first-order valence-electron chi connectivity index (χ1n) is 11.3. The number of amides is 3. The third kappa shape index (κ3) is 4.17. The second-order valence-corrected chi connectivity index (χ2v) is 9.15. The number of fused-ring (bicyclic) bond motifs is 5. The van der Waals surface area contributed by atoms with E-state index in [0.29, 0.717) is 0 Å². The van der Waals surface area contributed by atoms with Crippen LogP contribution in [-0.2, 0) is 25.3 Å². The van der Waals surface area contributed by atoms with Crippen LogP contribution in [-0.4, -0.2) is 30.3 Å². The van der Waals surface area contributed by atoms with Gasteiger partial charge >= 0.3 is 12.1 Å². The second-order valence-electron chi connectivity index (χ2n) is 9.15. The van der Waals surface area contributed by atoms with E-state index in [2.05, 4.69) is 5.32 Å². The van der Waals surface area contributed by atoms with Crippen LogP contribution < -0.4 is 10.2 Å². The van der Waals surface area contributed by atoms with Crippen molar-refractivity contribution in [2.45, 2.75) is 25.4 Å². The minimum Gasteiger partial charge on any atom is -0.452 e. The Hall–Kier alpha value is -3.69. The number of alkyl halides is 3. The van der Waals surface area contributed by atoms with Crippen LogP contribution in [0, 0.1) is 23.7 Å². The molecule has 0 radical (unpaired) electrons. The molecular weight excluding hydrogens is 465 g/mol. The number of halogens is 3. The zero-order valence-electron chi connectivity index (χ0n) is 18.4. The summed E-state index contributed by atoms with van der Waals surface area (Å²) < 4.78 is 43.4. The summed E-state index contributed by atoms with van der Waals surface area (Å²) in [4.78, 5) is 51.7. The molecule has 4 atom stereocenters. The molecule has 0 spiro atoms. The fourth-order valence-corrected chi connectivity index (χ4v) is 5.62. The maximum Gasteiger partial charge on any atom is 0.416 e. The molecule has 3 aliphatic rings. The summed E-state index contributed by atoms with van der Waals surface area (Å²) in [5.41, 5.74) is -0.702. The van der Waals surface area contributed by atoms with Gasteiger partial charge in [0.1, 0.15) is 0 Å². The fourth-order valence-electron chi connectivity index (χ4n) is 5.62. The van der Waals surface area contributed by atoms with E-state index in [9.17, 15) is 32.3 Å². The van der Waals surface area contributed by atoms with Gasteiger partial charge in [0.15, 0.2) is 6.61 Å². The fraction of sp³-hybridized carbons (Fsp3) is 0.360. The van der Waals surface area contributed by atoms with Gasteiger partial charge in [0, 0.05) is 5.69 Å². The number of hydrogen-bond acceptors (Lipinski definition) is 5. The molecule has 2 bridgehead atoms. The number of nitrogens with zero attached hydrogens (tertiary/aromatic N) is 1. The van der Waals surface area contributed by atoms with E-state index >= 15 is 0 Å². The van der Waals surface area contributed by atoms with Crippen molar-refractivity contribution < 1.29 is 37.1 Å². The van der Waals surface area contributed by atoms with Gasteiger partial charge in [-0.15, -0.1) is 0 Å². The molecule has 0 unspecified atom stereocenters. The van der Waals surface area contributed by atoms with Gasteiger partial charge in [-0.2, -0.15) is 13.2 Å². The lowest BCUT2D eigenvalue weighted by molar-refractivity contribution is -0.137. The van der Waals surface area contributed by atoms with E-state index in [4.69, 9.17) is 4.74 Å². The van der Waals surface area contributed by atoms with Crippen LogP contribution in [0.25, 0.3) is 0 Å². The van der Waals surface area contributed by atoms with Crippen molar-refractivity contribution in [3.8, 4) is 0 Å².